The summed E-state index contributed by atoms with van der Waals surface area (Å²) >= 11 is 0. The molecule has 2 aromatic heterocycles. The number of pyridine rings is 1. The lowest BCUT2D eigenvalue weighted by molar-refractivity contribution is 0.253. The van der Waals surface area contributed by atoms with E-state index in [1.807, 2.05) is 12.4 Å². The van der Waals surface area contributed by atoms with Crippen LogP contribution >= 0.6 is 0 Å². The number of aromatic nitrogens is 3. The summed E-state index contributed by atoms with van der Waals surface area (Å²) in [5, 5.41) is 4.34. The first-order chi connectivity index (χ1) is 9.72. The van der Waals surface area contributed by atoms with E-state index in [4.69, 9.17) is 0 Å². The van der Waals surface area contributed by atoms with Crippen LogP contribution < -0.4 is 5.56 Å². The molecule has 3 rings (SSSR count). The lowest BCUT2D eigenvalue weighted by atomic mass is 10.1. The van der Waals surface area contributed by atoms with Crippen LogP contribution in [0, 0.1) is 0 Å². The molecule has 20 heavy (non-hydrogen) atoms. The molecule has 0 saturated carbocycles. The van der Waals surface area contributed by atoms with E-state index in [0.717, 1.165) is 43.7 Å². The van der Waals surface area contributed by atoms with Crippen molar-refractivity contribution < 1.29 is 0 Å². The van der Waals surface area contributed by atoms with Crippen LogP contribution in [-0.4, -0.2) is 32.8 Å². The van der Waals surface area contributed by atoms with Crippen molar-refractivity contribution in [3.05, 3.63) is 57.8 Å². The van der Waals surface area contributed by atoms with Crippen molar-refractivity contribution in [3.63, 3.8) is 0 Å². The molecular weight excluding hydrogens is 252 g/mol. The Kier molecular flexibility index (Phi) is 3.60. The van der Waals surface area contributed by atoms with Crippen molar-refractivity contribution in [2.75, 3.05) is 13.1 Å². The fourth-order valence-corrected chi connectivity index (χ4v) is 2.58. The van der Waals surface area contributed by atoms with E-state index in [2.05, 4.69) is 27.1 Å². The van der Waals surface area contributed by atoms with E-state index in [9.17, 15) is 4.79 Å². The van der Waals surface area contributed by atoms with Gasteiger partial charge in [0.25, 0.3) is 5.56 Å². The first-order valence-corrected chi connectivity index (χ1v) is 6.90. The maximum Gasteiger partial charge on any atom is 0.266 e. The minimum absolute atomic E-state index is 0.0280. The van der Waals surface area contributed by atoms with Crippen LogP contribution in [-0.2, 0) is 26.4 Å². The molecule has 2 aromatic rings. The van der Waals surface area contributed by atoms with Gasteiger partial charge in [-0.2, -0.15) is 5.10 Å². The second kappa shape index (κ2) is 5.54. The van der Waals surface area contributed by atoms with Crippen LogP contribution in [0.2, 0.25) is 0 Å². The Balaban J connectivity index is 1.67. The molecule has 0 N–H and O–H groups in total. The van der Waals surface area contributed by atoms with Gasteiger partial charge in [0.15, 0.2) is 0 Å². The van der Waals surface area contributed by atoms with Crippen molar-refractivity contribution in [2.45, 2.75) is 19.4 Å². The van der Waals surface area contributed by atoms with Crippen molar-refractivity contribution in [1.82, 2.24) is 19.7 Å². The molecule has 1 aliphatic heterocycles. The van der Waals surface area contributed by atoms with Crippen LogP contribution in [0.4, 0.5) is 0 Å². The smallest absolute Gasteiger partial charge is 0.266 e. The molecule has 1 aliphatic rings. The SMILES string of the molecule is Cn1nc2c(cc1=O)CN(CCc1ccncc1)CC2. The molecule has 0 aliphatic carbocycles. The van der Waals surface area contributed by atoms with E-state index in [1.165, 1.54) is 10.2 Å². The first-order valence-electron chi connectivity index (χ1n) is 6.90. The second-order valence-corrected chi connectivity index (χ2v) is 5.21. The molecule has 0 aromatic carbocycles. The summed E-state index contributed by atoms with van der Waals surface area (Å²) in [6.45, 7) is 2.82. The van der Waals surface area contributed by atoms with Gasteiger partial charge >= 0.3 is 0 Å². The summed E-state index contributed by atoms with van der Waals surface area (Å²) in [6.07, 6.45) is 5.58. The Labute approximate surface area is 117 Å². The van der Waals surface area contributed by atoms with Gasteiger partial charge in [-0.25, -0.2) is 4.68 Å². The standard InChI is InChI=1S/C15H18N4O/c1-18-15(20)10-13-11-19(9-5-14(13)17-18)8-4-12-2-6-16-7-3-12/h2-3,6-7,10H,4-5,8-9,11H2,1H3. The summed E-state index contributed by atoms with van der Waals surface area (Å²) in [5.41, 5.74) is 3.41. The van der Waals surface area contributed by atoms with Crippen molar-refractivity contribution >= 4 is 0 Å². The van der Waals surface area contributed by atoms with Gasteiger partial charge in [0.2, 0.25) is 0 Å². The summed E-state index contributed by atoms with van der Waals surface area (Å²) in [7, 11) is 1.71. The third kappa shape index (κ3) is 2.77. The van der Waals surface area contributed by atoms with E-state index in [0.29, 0.717) is 0 Å². The van der Waals surface area contributed by atoms with Gasteiger partial charge in [-0.15, -0.1) is 0 Å². The fourth-order valence-electron chi connectivity index (χ4n) is 2.58. The minimum atomic E-state index is -0.0280. The molecule has 0 spiro atoms. The fraction of sp³-hybridized carbons (Fsp3) is 0.400. The Morgan fingerprint density at radius 1 is 1.30 bits per heavy atom. The predicted octanol–water partition coefficient (Wildman–Crippen LogP) is 0.776. The van der Waals surface area contributed by atoms with Gasteiger partial charge in [0.05, 0.1) is 5.69 Å². The highest BCUT2D eigenvalue weighted by atomic mass is 16.1. The van der Waals surface area contributed by atoms with E-state index in [1.54, 1.807) is 13.1 Å². The highest BCUT2D eigenvalue weighted by molar-refractivity contribution is 5.20. The molecule has 0 fully saturated rings. The van der Waals surface area contributed by atoms with Gasteiger partial charge in [0, 0.05) is 51.6 Å². The highest BCUT2D eigenvalue weighted by Gasteiger charge is 2.18. The second-order valence-electron chi connectivity index (χ2n) is 5.21. The van der Waals surface area contributed by atoms with Crippen molar-refractivity contribution in [2.24, 2.45) is 7.05 Å². The summed E-state index contributed by atoms with van der Waals surface area (Å²) < 4.78 is 1.42. The summed E-state index contributed by atoms with van der Waals surface area (Å²) in [6, 6.07) is 5.82. The van der Waals surface area contributed by atoms with E-state index in [-0.39, 0.29) is 5.56 Å². The zero-order valence-electron chi connectivity index (χ0n) is 11.6. The monoisotopic (exact) mass is 270 g/mol. The third-order valence-electron chi connectivity index (χ3n) is 3.78. The summed E-state index contributed by atoms with van der Waals surface area (Å²) in [4.78, 5) is 18.1. The molecule has 0 saturated heterocycles. The number of nitrogens with zero attached hydrogens (tertiary/aromatic N) is 4. The Morgan fingerprint density at radius 3 is 2.90 bits per heavy atom. The maximum atomic E-state index is 11.7. The van der Waals surface area contributed by atoms with Crippen LogP contribution in [0.3, 0.4) is 0 Å². The molecule has 104 valence electrons. The minimum Gasteiger partial charge on any atom is -0.298 e. The molecule has 3 heterocycles. The molecular formula is C15H18N4O. The lowest BCUT2D eigenvalue weighted by Crippen LogP contribution is -2.35. The molecule has 0 unspecified atom stereocenters. The maximum absolute atomic E-state index is 11.7. The number of rotatable bonds is 3. The number of hydrogen-bond acceptors (Lipinski definition) is 4. The summed E-state index contributed by atoms with van der Waals surface area (Å²) in [5.74, 6) is 0. The predicted molar refractivity (Wildman–Crippen MR) is 76.4 cm³/mol. The third-order valence-corrected chi connectivity index (χ3v) is 3.78. The lowest BCUT2D eigenvalue weighted by Gasteiger charge is -2.27. The molecule has 0 bridgehead atoms. The quantitative estimate of drug-likeness (QED) is 0.827. The average molecular weight is 270 g/mol. The van der Waals surface area contributed by atoms with Gasteiger partial charge in [-0.1, -0.05) is 0 Å². The molecule has 0 amide bonds. The van der Waals surface area contributed by atoms with E-state index >= 15 is 0 Å². The van der Waals surface area contributed by atoms with Gasteiger partial charge in [0.1, 0.15) is 0 Å². The zero-order chi connectivity index (χ0) is 13.9. The van der Waals surface area contributed by atoms with Crippen LogP contribution in [0.5, 0.6) is 0 Å². The van der Waals surface area contributed by atoms with Gasteiger partial charge in [-0.3, -0.25) is 14.7 Å². The number of hydrogen-bond donors (Lipinski definition) is 0. The average Bonchev–Trinajstić information content (AvgIpc) is 2.47. The zero-order valence-corrected chi connectivity index (χ0v) is 11.6. The molecule has 5 heteroatoms. The van der Waals surface area contributed by atoms with Crippen LogP contribution in [0.15, 0.2) is 35.4 Å². The Hall–Kier alpha value is -2.01. The topological polar surface area (TPSA) is 51.0 Å². The van der Waals surface area contributed by atoms with Crippen LogP contribution in [0.25, 0.3) is 0 Å². The number of aryl methyl sites for hydroxylation is 1. The Morgan fingerprint density at radius 2 is 2.10 bits per heavy atom. The van der Waals surface area contributed by atoms with E-state index < -0.39 is 0 Å². The highest BCUT2D eigenvalue weighted by Crippen LogP contribution is 2.15. The molecule has 5 nitrogen and oxygen atoms in total. The molecule has 0 radical (unpaired) electrons. The molecule has 0 atom stereocenters. The van der Waals surface area contributed by atoms with Crippen molar-refractivity contribution in [3.8, 4) is 0 Å². The van der Waals surface area contributed by atoms with Crippen LogP contribution in [0.1, 0.15) is 16.8 Å². The van der Waals surface area contributed by atoms with Crippen molar-refractivity contribution in [1.29, 1.82) is 0 Å². The van der Waals surface area contributed by atoms with Gasteiger partial charge in [-0.05, 0) is 29.7 Å². The Bertz CT molecular complexity index is 651. The normalized spacial score (nSPS) is 15.1. The first kappa shape index (κ1) is 13.0. The number of fused-ring (bicyclic) bond motifs is 1. The van der Waals surface area contributed by atoms with Gasteiger partial charge < -0.3 is 0 Å². The largest absolute Gasteiger partial charge is 0.298 e.